The fourth-order valence-corrected chi connectivity index (χ4v) is 3.53. The lowest BCUT2D eigenvalue weighted by Gasteiger charge is -2.14. The molecule has 1 aliphatic rings. The molecule has 0 unspecified atom stereocenters. The van der Waals surface area contributed by atoms with E-state index in [1.165, 1.54) is 19.8 Å². The lowest BCUT2D eigenvalue weighted by atomic mass is 10.1. The Labute approximate surface area is 170 Å². The zero-order chi connectivity index (χ0) is 19.9. The van der Waals surface area contributed by atoms with Crippen LogP contribution in [0.25, 0.3) is 0 Å². The minimum Gasteiger partial charge on any atom is -0.490 e. The molecule has 0 spiro atoms. The Bertz CT molecular complexity index is 847. The number of benzene rings is 2. The predicted octanol–water partition coefficient (Wildman–Crippen LogP) is 5.19. The van der Waals surface area contributed by atoms with Crippen molar-refractivity contribution in [2.75, 3.05) is 10.6 Å². The first-order valence-electron chi connectivity index (χ1n) is 9.62. The monoisotopic (exact) mass is 400 g/mol. The van der Waals surface area contributed by atoms with Gasteiger partial charge in [-0.2, -0.15) is 0 Å². The molecule has 3 rings (SSSR count). The van der Waals surface area contributed by atoms with Crippen LogP contribution in [0.2, 0.25) is 5.02 Å². The number of halogens is 1. The number of hydrogen-bond acceptors (Lipinski definition) is 3. The molecule has 1 fully saturated rings. The van der Waals surface area contributed by atoms with Crippen LogP contribution in [0.15, 0.2) is 42.5 Å². The molecule has 2 aromatic rings. The third-order valence-electron chi connectivity index (χ3n) is 4.71. The molecule has 148 valence electrons. The Hall–Kier alpha value is -2.53. The zero-order valence-corrected chi connectivity index (χ0v) is 16.7. The third-order valence-corrected chi connectivity index (χ3v) is 4.95. The van der Waals surface area contributed by atoms with E-state index in [4.69, 9.17) is 16.3 Å². The number of hydrogen-bond donors (Lipinski definition) is 2. The van der Waals surface area contributed by atoms with Gasteiger partial charge in [0, 0.05) is 18.4 Å². The van der Waals surface area contributed by atoms with Crippen LogP contribution in [-0.2, 0) is 16.0 Å². The van der Waals surface area contributed by atoms with Gasteiger partial charge in [0.2, 0.25) is 11.8 Å². The average Bonchev–Trinajstić information content (AvgIpc) is 3.15. The van der Waals surface area contributed by atoms with Gasteiger partial charge in [-0.25, -0.2) is 0 Å². The largest absolute Gasteiger partial charge is 0.490 e. The second-order valence-corrected chi connectivity index (χ2v) is 7.53. The summed E-state index contributed by atoms with van der Waals surface area (Å²) in [6.45, 7) is 1.41. The smallest absolute Gasteiger partial charge is 0.224 e. The van der Waals surface area contributed by atoms with Crippen LogP contribution >= 0.6 is 11.6 Å². The van der Waals surface area contributed by atoms with Crippen molar-refractivity contribution in [3.05, 3.63) is 53.1 Å². The van der Waals surface area contributed by atoms with Crippen LogP contribution in [-0.4, -0.2) is 17.9 Å². The molecule has 6 heteroatoms. The molecule has 5 nitrogen and oxygen atoms in total. The van der Waals surface area contributed by atoms with E-state index in [1.54, 1.807) is 18.2 Å². The van der Waals surface area contributed by atoms with Gasteiger partial charge in [-0.05, 0) is 68.0 Å². The van der Waals surface area contributed by atoms with Crippen LogP contribution in [0, 0.1) is 0 Å². The van der Waals surface area contributed by atoms with Gasteiger partial charge in [-0.1, -0.05) is 23.7 Å². The summed E-state index contributed by atoms with van der Waals surface area (Å²) in [7, 11) is 0. The van der Waals surface area contributed by atoms with Crippen molar-refractivity contribution >= 4 is 34.8 Å². The lowest BCUT2D eigenvalue weighted by molar-refractivity contribution is -0.116. The maximum Gasteiger partial charge on any atom is 0.224 e. The van der Waals surface area contributed by atoms with Gasteiger partial charge in [0.05, 0.1) is 17.5 Å². The number of amides is 2. The number of carbonyl (C=O) groups is 2. The van der Waals surface area contributed by atoms with Crippen LogP contribution in [0.5, 0.6) is 5.75 Å². The molecule has 2 aromatic carbocycles. The van der Waals surface area contributed by atoms with E-state index in [0.29, 0.717) is 35.3 Å². The summed E-state index contributed by atoms with van der Waals surface area (Å²) in [5.41, 5.74) is 2.08. The molecular formula is C22H25ClN2O3. The molecule has 0 aliphatic heterocycles. The minimum absolute atomic E-state index is 0.129. The average molecular weight is 401 g/mol. The molecule has 2 amide bonds. The Morgan fingerprint density at radius 3 is 2.61 bits per heavy atom. The number of ether oxygens (including phenoxy) is 1. The summed E-state index contributed by atoms with van der Waals surface area (Å²) in [4.78, 5) is 23.7. The number of rotatable bonds is 7. The fourth-order valence-electron chi connectivity index (χ4n) is 3.36. The molecule has 2 N–H and O–H groups in total. The van der Waals surface area contributed by atoms with E-state index in [1.807, 2.05) is 24.3 Å². The number of nitrogens with one attached hydrogen (secondary N) is 2. The molecule has 1 saturated carbocycles. The van der Waals surface area contributed by atoms with Crippen molar-refractivity contribution in [3.63, 3.8) is 0 Å². The van der Waals surface area contributed by atoms with Gasteiger partial charge in [0.15, 0.2) is 0 Å². The van der Waals surface area contributed by atoms with E-state index >= 15 is 0 Å². The highest BCUT2D eigenvalue weighted by atomic mass is 35.5. The summed E-state index contributed by atoms with van der Waals surface area (Å²) in [6, 6.07) is 12.9. The normalized spacial score (nSPS) is 13.9. The van der Waals surface area contributed by atoms with Crippen LogP contribution in [0.4, 0.5) is 11.4 Å². The highest BCUT2D eigenvalue weighted by Gasteiger charge is 2.16. The van der Waals surface area contributed by atoms with Gasteiger partial charge >= 0.3 is 0 Å². The summed E-state index contributed by atoms with van der Waals surface area (Å²) >= 11 is 5.98. The van der Waals surface area contributed by atoms with Gasteiger partial charge in [-0.15, -0.1) is 0 Å². The first-order valence-corrected chi connectivity index (χ1v) is 10.00. The quantitative estimate of drug-likeness (QED) is 0.671. The standard InChI is InChI=1S/C22H25ClN2O3/c1-15(26)24-21-14-17(23)10-11-20(21)25-22(27)12-9-16-5-4-8-19(13-16)28-18-6-2-3-7-18/h4-5,8,10-11,13-14,18H,2-3,6-7,9,12H2,1H3,(H,24,26)(H,25,27). The van der Waals surface area contributed by atoms with Crippen LogP contribution in [0.3, 0.4) is 0 Å². The van der Waals surface area contributed by atoms with E-state index in [0.717, 1.165) is 24.2 Å². The Balaban J connectivity index is 1.56. The summed E-state index contributed by atoms with van der Waals surface area (Å²) < 4.78 is 6.03. The molecule has 28 heavy (non-hydrogen) atoms. The molecule has 0 aromatic heterocycles. The Kier molecular flexibility index (Phi) is 6.93. The highest BCUT2D eigenvalue weighted by Crippen LogP contribution is 2.27. The van der Waals surface area contributed by atoms with Gasteiger partial charge in [0.1, 0.15) is 5.75 Å². The fraction of sp³-hybridized carbons (Fsp3) is 0.364. The first kappa shape index (κ1) is 20.2. The lowest BCUT2D eigenvalue weighted by Crippen LogP contribution is -2.15. The van der Waals surface area contributed by atoms with Crippen molar-refractivity contribution in [1.29, 1.82) is 0 Å². The second-order valence-electron chi connectivity index (χ2n) is 7.09. The van der Waals surface area contributed by atoms with E-state index < -0.39 is 0 Å². The summed E-state index contributed by atoms with van der Waals surface area (Å²) in [5.74, 6) is 0.517. The van der Waals surface area contributed by atoms with Gasteiger partial charge in [0.25, 0.3) is 0 Å². The minimum atomic E-state index is -0.225. The molecule has 0 saturated heterocycles. The third kappa shape index (κ3) is 5.99. The number of carbonyl (C=O) groups excluding carboxylic acids is 2. The summed E-state index contributed by atoms with van der Waals surface area (Å²) in [5, 5.41) is 6.01. The van der Waals surface area contributed by atoms with Crippen molar-refractivity contribution in [3.8, 4) is 5.75 Å². The maximum absolute atomic E-state index is 12.4. The van der Waals surface area contributed by atoms with Gasteiger partial charge < -0.3 is 15.4 Å². The van der Waals surface area contributed by atoms with Crippen LogP contribution in [0.1, 0.15) is 44.6 Å². The van der Waals surface area contributed by atoms with Crippen molar-refractivity contribution in [1.82, 2.24) is 0 Å². The molecular weight excluding hydrogens is 376 g/mol. The first-order chi connectivity index (χ1) is 13.5. The van der Waals surface area contributed by atoms with Crippen molar-refractivity contribution in [2.45, 2.75) is 51.6 Å². The number of anilines is 2. The number of aryl methyl sites for hydroxylation is 1. The van der Waals surface area contributed by atoms with Gasteiger partial charge in [-0.3, -0.25) is 9.59 Å². The van der Waals surface area contributed by atoms with Crippen LogP contribution < -0.4 is 15.4 Å². The van der Waals surface area contributed by atoms with Crippen molar-refractivity contribution < 1.29 is 14.3 Å². The Morgan fingerprint density at radius 2 is 1.86 bits per heavy atom. The molecule has 0 bridgehead atoms. The maximum atomic E-state index is 12.4. The Morgan fingerprint density at radius 1 is 1.07 bits per heavy atom. The second kappa shape index (κ2) is 9.60. The van der Waals surface area contributed by atoms with E-state index in [9.17, 15) is 9.59 Å². The summed E-state index contributed by atoms with van der Waals surface area (Å²) in [6.07, 6.45) is 5.95. The highest BCUT2D eigenvalue weighted by molar-refractivity contribution is 6.31. The predicted molar refractivity (Wildman–Crippen MR) is 112 cm³/mol. The molecule has 0 radical (unpaired) electrons. The molecule has 0 heterocycles. The zero-order valence-electron chi connectivity index (χ0n) is 16.0. The van der Waals surface area contributed by atoms with Crippen molar-refractivity contribution in [2.24, 2.45) is 0 Å². The van der Waals surface area contributed by atoms with E-state index in [2.05, 4.69) is 10.6 Å². The SMILES string of the molecule is CC(=O)Nc1cc(Cl)ccc1NC(=O)CCc1cccc(OC2CCCC2)c1. The van der Waals surface area contributed by atoms with E-state index in [-0.39, 0.29) is 11.8 Å². The molecule has 0 atom stereocenters. The molecule has 1 aliphatic carbocycles. The topological polar surface area (TPSA) is 67.4 Å².